The Morgan fingerprint density at radius 3 is 2.28 bits per heavy atom. The van der Waals surface area contributed by atoms with Crippen LogP contribution < -0.4 is 9.64 Å². The van der Waals surface area contributed by atoms with Crippen LogP contribution in [0.15, 0.2) is 35.9 Å². The summed E-state index contributed by atoms with van der Waals surface area (Å²) < 4.78 is 56.3. The van der Waals surface area contributed by atoms with Gasteiger partial charge in [0, 0.05) is 51.0 Å². The average Bonchev–Trinajstić information content (AvgIpc) is 3.66. The molecule has 0 amide bonds. The molecule has 13 heteroatoms. The number of fused-ring (bicyclic) bond motifs is 8. The van der Waals surface area contributed by atoms with Crippen molar-refractivity contribution in [2.24, 2.45) is 35.5 Å². The Kier molecular flexibility index (Phi) is 13.9. The molecule has 4 aliphatic heterocycles. The molecule has 2 saturated carbocycles. The summed E-state index contributed by atoms with van der Waals surface area (Å²) in [5.41, 5.74) is 1.86. The number of Topliss-reactive ketones (excluding diaryl/α,β-unsaturated/α-hetero) is 1. The topological polar surface area (TPSA) is 123 Å². The number of ketones is 1. The number of hydrogen-bond acceptors (Lipinski definition) is 13. The first-order chi connectivity index (χ1) is 29.4. The molecule has 19 atom stereocenters. The van der Waals surface area contributed by atoms with Crippen molar-refractivity contribution in [3.63, 3.8) is 0 Å². The number of likely N-dealkylation sites (N-methyl/N-ethyl adjacent to an activating group) is 1. The summed E-state index contributed by atoms with van der Waals surface area (Å²) in [5, 5.41) is 0. The van der Waals surface area contributed by atoms with Crippen molar-refractivity contribution in [3.8, 4) is 5.75 Å². The van der Waals surface area contributed by atoms with E-state index in [4.69, 9.17) is 42.6 Å². The van der Waals surface area contributed by atoms with E-state index < -0.39 is 18.3 Å². The van der Waals surface area contributed by atoms with Crippen LogP contribution in [0, 0.1) is 35.5 Å². The second kappa shape index (κ2) is 18.8. The molecule has 1 aromatic rings. The van der Waals surface area contributed by atoms with Crippen LogP contribution in [-0.4, -0.2) is 139 Å². The fraction of sp³-hybridized carbons (Fsp3) is 0.792. The Labute approximate surface area is 363 Å². The quantitative estimate of drug-likeness (QED) is 0.186. The first-order valence-corrected chi connectivity index (χ1v) is 23.1. The minimum absolute atomic E-state index is 0.0169. The Morgan fingerprint density at radius 2 is 1.59 bits per heavy atom. The van der Waals surface area contributed by atoms with Gasteiger partial charge in [-0.05, 0) is 121 Å². The van der Waals surface area contributed by atoms with Gasteiger partial charge in [0.2, 0.25) is 0 Å². The molecule has 4 saturated heterocycles. The molecule has 3 unspecified atom stereocenters. The number of anilines is 1. The van der Waals surface area contributed by atoms with Crippen LogP contribution in [-0.2, 0) is 47.5 Å². The third-order valence-corrected chi connectivity index (χ3v) is 15.8. The first-order valence-electron chi connectivity index (χ1n) is 23.1. The lowest BCUT2D eigenvalue weighted by Gasteiger charge is -2.44. The van der Waals surface area contributed by atoms with Crippen LogP contribution >= 0.6 is 0 Å². The highest BCUT2D eigenvalue weighted by atomic mass is 16.7. The van der Waals surface area contributed by atoms with E-state index in [1.165, 1.54) is 0 Å². The lowest BCUT2D eigenvalue weighted by Crippen LogP contribution is -2.59. The highest BCUT2D eigenvalue weighted by Gasteiger charge is 2.69. The van der Waals surface area contributed by atoms with Crippen LogP contribution in [0.25, 0.3) is 0 Å². The Bertz CT molecular complexity index is 1730. The van der Waals surface area contributed by atoms with E-state index in [-0.39, 0.29) is 103 Å². The van der Waals surface area contributed by atoms with Gasteiger partial charge in [0.05, 0.1) is 50.0 Å². The maximum Gasteiger partial charge on any atom is 0.306 e. The van der Waals surface area contributed by atoms with Crippen molar-refractivity contribution in [2.45, 2.75) is 165 Å². The van der Waals surface area contributed by atoms with Crippen molar-refractivity contribution in [2.75, 3.05) is 47.4 Å². The predicted octanol–water partition coefficient (Wildman–Crippen LogP) is 6.20. The molecule has 8 rings (SSSR count). The third-order valence-electron chi connectivity index (χ3n) is 15.8. The van der Waals surface area contributed by atoms with Crippen molar-refractivity contribution < 1.29 is 52.2 Å². The number of ether oxygens (including phenoxy) is 9. The smallest absolute Gasteiger partial charge is 0.306 e. The van der Waals surface area contributed by atoms with Crippen LogP contribution in [0.3, 0.4) is 0 Å². The molecule has 340 valence electrons. The number of nitrogens with zero attached hydrogens (tertiary/aromatic N) is 2. The van der Waals surface area contributed by atoms with Gasteiger partial charge in [0.25, 0.3) is 0 Å². The van der Waals surface area contributed by atoms with E-state index in [2.05, 4.69) is 56.0 Å². The first kappa shape index (κ1) is 45.0. The summed E-state index contributed by atoms with van der Waals surface area (Å²) in [5.74, 6) is 0.616. The van der Waals surface area contributed by atoms with Gasteiger partial charge in [0.1, 0.15) is 30.2 Å². The highest BCUT2D eigenvalue weighted by molar-refractivity contribution is 5.99. The van der Waals surface area contributed by atoms with Gasteiger partial charge in [-0.2, -0.15) is 0 Å². The number of methoxy groups -OCH3 is 4. The number of carbonyl (C=O) groups is 2. The minimum atomic E-state index is -0.635. The minimum Gasteiger partial charge on any atom is -0.497 e. The lowest BCUT2D eigenvalue weighted by atomic mass is 9.66. The van der Waals surface area contributed by atoms with E-state index in [0.717, 1.165) is 62.0 Å². The van der Waals surface area contributed by atoms with Crippen molar-refractivity contribution in [3.05, 3.63) is 35.9 Å². The summed E-state index contributed by atoms with van der Waals surface area (Å²) in [6.07, 6.45) is 5.81. The Morgan fingerprint density at radius 1 is 0.836 bits per heavy atom. The molecule has 6 fully saturated rings. The number of hydrogen-bond donors (Lipinski definition) is 0. The van der Waals surface area contributed by atoms with Gasteiger partial charge < -0.3 is 52.4 Å². The third kappa shape index (κ3) is 8.68. The van der Waals surface area contributed by atoms with Gasteiger partial charge in [-0.3, -0.25) is 9.59 Å². The Balaban J connectivity index is 1.11. The fourth-order valence-electron chi connectivity index (χ4n) is 12.8. The summed E-state index contributed by atoms with van der Waals surface area (Å²) in [6, 6.07) is 8.95. The Hall–Kier alpha value is -2.62. The lowest BCUT2D eigenvalue weighted by molar-refractivity contribution is -0.314. The van der Waals surface area contributed by atoms with Gasteiger partial charge in [0.15, 0.2) is 18.4 Å². The molecule has 0 spiro atoms. The number of carbonyl (C=O) groups excluding carboxylic acids is 2. The molecule has 0 aromatic heterocycles. The molecule has 1 aromatic carbocycles. The molecule has 7 aliphatic rings. The van der Waals surface area contributed by atoms with Crippen molar-refractivity contribution in [1.82, 2.24) is 4.90 Å². The van der Waals surface area contributed by atoms with Crippen LogP contribution in [0.2, 0.25) is 0 Å². The predicted molar refractivity (Wildman–Crippen MR) is 228 cm³/mol. The van der Waals surface area contributed by atoms with Gasteiger partial charge in [-0.1, -0.05) is 26.0 Å². The maximum absolute atomic E-state index is 15.2. The number of rotatable bonds is 11. The average molecular weight is 853 g/mol. The normalized spacial score (nSPS) is 43.9. The standard InChI is InChI=1S/C48H72N2O11/c1-11-29-15-13-17-38(61-40-19-18-37(49(5)6)26(3)57-40)25(2)44(52)36-23-33-32-21-31(60-48-47(56-10)46(55-9)45(54-8)27(4)58-48)22-35(32)42-43(41(33)34(36)24-39(51)59-29)50(42)28-14-12-16-30(20-28)53-7/h12,14,16,20,23,25-27,29,31-35,37-38,40-43,45-48H,11,13,15,17-19,21-22,24H2,1-10H3/t25-,26?,27?,29+,31+,32+,33+,34-,35-,37+,38+,40+,41-,42+,43-,45+,46?,47+,48+,50?/m1/s1. The zero-order valence-corrected chi connectivity index (χ0v) is 38.1. The van der Waals surface area contributed by atoms with Gasteiger partial charge in [-0.15, -0.1) is 0 Å². The fourth-order valence-corrected chi connectivity index (χ4v) is 12.8. The number of allylic oxidation sites excluding steroid dienone is 2. The summed E-state index contributed by atoms with van der Waals surface area (Å²) in [4.78, 5) is 34.0. The molecule has 13 nitrogen and oxygen atoms in total. The number of benzene rings is 1. The molecule has 61 heavy (non-hydrogen) atoms. The van der Waals surface area contributed by atoms with E-state index in [9.17, 15) is 4.79 Å². The largest absolute Gasteiger partial charge is 0.497 e. The second-order valence-electron chi connectivity index (χ2n) is 19.2. The van der Waals surface area contributed by atoms with E-state index >= 15 is 4.79 Å². The van der Waals surface area contributed by atoms with Crippen LogP contribution in [0.1, 0.15) is 85.5 Å². The molecule has 4 heterocycles. The van der Waals surface area contributed by atoms with Gasteiger partial charge >= 0.3 is 5.97 Å². The van der Waals surface area contributed by atoms with Crippen LogP contribution in [0.4, 0.5) is 5.69 Å². The molecule has 0 N–H and O–H groups in total. The summed E-state index contributed by atoms with van der Waals surface area (Å²) in [7, 11) is 10.9. The van der Waals surface area contributed by atoms with E-state index in [1.54, 1.807) is 28.4 Å². The van der Waals surface area contributed by atoms with Crippen molar-refractivity contribution >= 4 is 17.4 Å². The summed E-state index contributed by atoms with van der Waals surface area (Å²) in [6.45, 7) is 8.22. The van der Waals surface area contributed by atoms with Crippen molar-refractivity contribution in [1.29, 1.82) is 0 Å². The van der Waals surface area contributed by atoms with Gasteiger partial charge in [-0.25, -0.2) is 0 Å². The van der Waals surface area contributed by atoms with E-state index in [0.29, 0.717) is 18.4 Å². The van der Waals surface area contributed by atoms with E-state index in [1.807, 2.05) is 26.0 Å². The zero-order chi connectivity index (χ0) is 43.3. The highest BCUT2D eigenvalue weighted by Crippen LogP contribution is 2.65. The molecular weight excluding hydrogens is 781 g/mol. The second-order valence-corrected chi connectivity index (χ2v) is 19.2. The van der Waals surface area contributed by atoms with Crippen LogP contribution in [0.5, 0.6) is 5.75 Å². The molecule has 0 radical (unpaired) electrons. The zero-order valence-electron chi connectivity index (χ0n) is 38.1. The summed E-state index contributed by atoms with van der Waals surface area (Å²) >= 11 is 0. The molecule has 0 bridgehead atoms. The number of cyclic esters (lactones) is 1. The SMILES string of the molecule is CC[C@H]1CCC[C@H](O[C@H]2CC[C@H](N(C)C)C(C)O2)[C@@H](C)C(=O)C2=C[C@H]3[C@@H]4C[C@H](O[C@@H]5OC(C)[C@H](OC)C(OC)[C@@H]5OC)C[C@H]4[C@H]4[C@@H]([C@H]3[C@@H]2CC(=O)O1)N4c1cccc(OC)c1. The maximum atomic E-state index is 15.2. The molecular formula is C48H72N2O11. The molecule has 3 aliphatic carbocycles. The number of esters is 1. The monoisotopic (exact) mass is 853 g/mol.